The Balaban J connectivity index is 2.77. The number of para-hydroxylation sites is 1. The molecular formula is C14H22N2O3. The summed E-state index contributed by atoms with van der Waals surface area (Å²) in [5.41, 5.74) is 6.46. The minimum Gasteiger partial charge on any atom is -0.494 e. The maximum Gasteiger partial charge on any atom is 0.255 e. The molecule has 0 spiro atoms. The summed E-state index contributed by atoms with van der Waals surface area (Å²) in [4.78, 5) is 12.1. The molecule has 5 nitrogen and oxygen atoms in total. The van der Waals surface area contributed by atoms with Crippen LogP contribution in [0.3, 0.4) is 0 Å². The summed E-state index contributed by atoms with van der Waals surface area (Å²) >= 11 is 0. The Kier molecular flexibility index (Phi) is 5.18. The van der Waals surface area contributed by atoms with Gasteiger partial charge in [-0.15, -0.1) is 0 Å². The first-order chi connectivity index (χ1) is 8.91. The number of amides is 1. The van der Waals surface area contributed by atoms with Gasteiger partial charge in [0.2, 0.25) is 0 Å². The van der Waals surface area contributed by atoms with E-state index < -0.39 is 0 Å². The van der Waals surface area contributed by atoms with Crippen molar-refractivity contribution >= 4 is 11.6 Å². The van der Waals surface area contributed by atoms with Gasteiger partial charge in [-0.25, -0.2) is 0 Å². The monoisotopic (exact) mass is 266 g/mol. The number of carbonyl (C=O) groups excluding carboxylic acids is 1. The highest BCUT2D eigenvalue weighted by atomic mass is 16.5. The van der Waals surface area contributed by atoms with Crippen molar-refractivity contribution in [2.75, 3.05) is 26.0 Å². The summed E-state index contributed by atoms with van der Waals surface area (Å²) in [6.45, 7) is 4.55. The third kappa shape index (κ3) is 4.13. The number of nitrogens with two attached hydrogens (primary N) is 1. The van der Waals surface area contributed by atoms with E-state index in [2.05, 4.69) is 5.32 Å². The van der Waals surface area contributed by atoms with Crippen LogP contribution in [0.1, 0.15) is 30.6 Å². The van der Waals surface area contributed by atoms with E-state index >= 15 is 0 Å². The molecule has 4 N–H and O–H groups in total. The fourth-order valence-corrected chi connectivity index (χ4v) is 1.77. The van der Waals surface area contributed by atoms with Crippen LogP contribution in [0.4, 0.5) is 5.69 Å². The number of aliphatic hydroxyl groups excluding tert-OH is 1. The lowest BCUT2D eigenvalue weighted by molar-refractivity contribution is 0.0925. The number of aliphatic hydroxyl groups is 1. The molecule has 1 aromatic rings. The predicted octanol–water partition coefficient (Wildman–Crippen LogP) is 1.42. The molecule has 1 amide bonds. The molecule has 0 atom stereocenters. The van der Waals surface area contributed by atoms with Crippen molar-refractivity contribution in [3.8, 4) is 5.75 Å². The second-order valence-electron chi connectivity index (χ2n) is 5.25. The Hall–Kier alpha value is -1.75. The Morgan fingerprint density at radius 2 is 2.16 bits per heavy atom. The molecule has 0 aliphatic rings. The maximum absolute atomic E-state index is 12.1. The molecule has 19 heavy (non-hydrogen) atoms. The number of nitrogen functional groups attached to an aromatic ring is 1. The van der Waals surface area contributed by atoms with Crippen molar-refractivity contribution < 1.29 is 14.6 Å². The zero-order valence-electron chi connectivity index (χ0n) is 11.7. The van der Waals surface area contributed by atoms with Crippen LogP contribution in [-0.4, -0.2) is 31.3 Å². The van der Waals surface area contributed by atoms with Crippen LogP contribution in [0.25, 0.3) is 0 Å². The molecule has 0 aliphatic heterocycles. The van der Waals surface area contributed by atoms with Gasteiger partial charge < -0.3 is 20.9 Å². The quantitative estimate of drug-likeness (QED) is 0.680. The van der Waals surface area contributed by atoms with Crippen LogP contribution in [0.15, 0.2) is 18.2 Å². The van der Waals surface area contributed by atoms with Crippen LogP contribution in [0, 0.1) is 5.41 Å². The molecule has 0 radical (unpaired) electrons. The number of methoxy groups -OCH3 is 1. The summed E-state index contributed by atoms with van der Waals surface area (Å²) in [7, 11) is 1.48. The number of carbonyl (C=O) groups is 1. The smallest absolute Gasteiger partial charge is 0.255 e. The largest absolute Gasteiger partial charge is 0.494 e. The number of hydrogen-bond donors (Lipinski definition) is 3. The number of benzene rings is 1. The molecule has 0 heterocycles. The third-order valence-corrected chi connectivity index (χ3v) is 3.01. The number of rotatable bonds is 6. The first kappa shape index (κ1) is 15.3. The maximum atomic E-state index is 12.1. The van der Waals surface area contributed by atoms with Gasteiger partial charge in [0.25, 0.3) is 5.91 Å². The predicted molar refractivity (Wildman–Crippen MR) is 75.2 cm³/mol. The molecule has 0 saturated heterocycles. The van der Waals surface area contributed by atoms with Gasteiger partial charge in [-0.3, -0.25) is 4.79 Å². The highest BCUT2D eigenvalue weighted by molar-refractivity contribution is 5.98. The van der Waals surface area contributed by atoms with Crippen molar-refractivity contribution in [2.45, 2.75) is 20.3 Å². The Bertz CT molecular complexity index is 444. The second kappa shape index (κ2) is 6.43. The second-order valence-corrected chi connectivity index (χ2v) is 5.25. The molecule has 0 aromatic heterocycles. The standard InChI is InChI=1S/C14H22N2O3/c1-14(2,7-8-17)9-16-13(18)10-5-4-6-11(15)12(10)19-3/h4-6,17H,7-9,15H2,1-3H3,(H,16,18). The van der Waals surface area contributed by atoms with Gasteiger partial charge in [0.1, 0.15) is 0 Å². The minimum absolute atomic E-state index is 0.102. The van der Waals surface area contributed by atoms with Gasteiger partial charge in [-0.2, -0.15) is 0 Å². The van der Waals surface area contributed by atoms with Crippen LogP contribution in [0.2, 0.25) is 0 Å². The normalized spacial score (nSPS) is 11.2. The Labute approximate surface area is 113 Å². The molecule has 0 saturated carbocycles. The van der Waals surface area contributed by atoms with E-state index in [1.54, 1.807) is 18.2 Å². The highest BCUT2D eigenvalue weighted by Crippen LogP contribution is 2.26. The zero-order chi connectivity index (χ0) is 14.5. The highest BCUT2D eigenvalue weighted by Gasteiger charge is 2.20. The summed E-state index contributed by atoms with van der Waals surface area (Å²) < 4.78 is 5.15. The van der Waals surface area contributed by atoms with E-state index in [0.29, 0.717) is 30.0 Å². The van der Waals surface area contributed by atoms with Gasteiger partial charge in [0.05, 0.1) is 18.4 Å². The van der Waals surface area contributed by atoms with Gasteiger partial charge in [0.15, 0.2) is 5.75 Å². The van der Waals surface area contributed by atoms with E-state index in [9.17, 15) is 4.79 Å². The van der Waals surface area contributed by atoms with Crippen molar-refractivity contribution in [3.63, 3.8) is 0 Å². The SMILES string of the molecule is COc1c(N)cccc1C(=O)NCC(C)(C)CCO. The van der Waals surface area contributed by atoms with Crippen LogP contribution in [0.5, 0.6) is 5.75 Å². The summed E-state index contributed by atoms with van der Waals surface area (Å²) in [5.74, 6) is 0.162. The Morgan fingerprint density at radius 3 is 2.74 bits per heavy atom. The van der Waals surface area contributed by atoms with E-state index in [0.717, 1.165) is 0 Å². The molecule has 1 aromatic carbocycles. The fourth-order valence-electron chi connectivity index (χ4n) is 1.77. The molecular weight excluding hydrogens is 244 g/mol. The van der Waals surface area contributed by atoms with E-state index in [-0.39, 0.29) is 17.9 Å². The van der Waals surface area contributed by atoms with Crippen molar-refractivity contribution in [1.29, 1.82) is 0 Å². The van der Waals surface area contributed by atoms with Crippen molar-refractivity contribution in [1.82, 2.24) is 5.32 Å². The molecule has 5 heteroatoms. The zero-order valence-corrected chi connectivity index (χ0v) is 11.7. The lowest BCUT2D eigenvalue weighted by atomic mass is 9.89. The van der Waals surface area contributed by atoms with Gasteiger partial charge in [-0.1, -0.05) is 19.9 Å². The molecule has 0 unspecified atom stereocenters. The van der Waals surface area contributed by atoms with E-state index in [4.69, 9.17) is 15.6 Å². The molecule has 0 bridgehead atoms. The summed E-state index contributed by atoms with van der Waals surface area (Å²) in [6.07, 6.45) is 0.626. The average Bonchev–Trinajstić information content (AvgIpc) is 2.35. The molecule has 0 fully saturated rings. The minimum atomic E-state index is -0.227. The summed E-state index contributed by atoms with van der Waals surface area (Å²) in [5, 5.41) is 11.8. The lowest BCUT2D eigenvalue weighted by Gasteiger charge is -2.24. The first-order valence-corrected chi connectivity index (χ1v) is 6.23. The summed E-state index contributed by atoms with van der Waals surface area (Å²) in [6, 6.07) is 5.07. The number of hydrogen-bond acceptors (Lipinski definition) is 4. The number of nitrogens with one attached hydrogen (secondary N) is 1. The van der Waals surface area contributed by atoms with Gasteiger partial charge in [0, 0.05) is 13.2 Å². The van der Waals surface area contributed by atoms with Crippen LogP contribution < -0.4 is 15.8 Å². The third-order valence-electron chi connectivity index (χ3n) is 3.01. The van der Waals surface area contributed by atoms with E-state index in [1.807, 2.05) is 13.8 Å². The van der Waals surface area contributed by atoms with Crippen LogP contribution in [-0.2, 0) is 0 Å². The first-order valence-electron chi connectivity index (χ1n) is 6.23. The van der Waals surface area contributed by atoms with Gasteiger partial charge in [-0.05, 0) is 24.0 Å². The number of anilines is 1. The lowest BCUT2D eigenvalue weighted by Crippen LogP contribution is -2.34. The molecule has 1 rings (SSSR count). The Morgan fingerprint density at radius 1 is 1.47 bits per heavy atom. The average molecular weight is 266 g/mol. The number of ether oxygens (including phenoxy) is 1. The van der Waals surface area contributed by atoms with Crippen LogP contribution >= 0.6 is 0 Å². The van der Waals surface area contributed by atoms with Crippen molar-refractivity contribution in [3.05, 3.63) is 23.8 Å². The van der Waals surface area contributed by atoms with E-state index in [1.165, 1.54) is 7.11 Å². The van der Waals surface area contributed by atoms with Gasteiger partial charge >= 0.3 is 0 Å². The topological polar surface area (TPSA) is 84.6 Å². The molecule has 106 valence electrons. The fraction of sp³-hybridized carbons (Fsp3) is 0.500. The van der Waals surface area contributed by atoms with Crippen molar-refractivity contribution in [2.24, 2.45) is 5.41 Å². The molecule has 0 aliphatic carbocycles.